The van der Waals surface area contributed by atoms with E-state index in [1.165, 1.54) is 0 Å². The molecule has 15 heavy (non-hydrogen) atoms. The van der Waals surface area contributed by atoms with Crippen molar-refractivity contribution >= 4 is 6.03 Å². The molecule has 0 saturated carbocycles. The van der Waals surface area contributed by atoms with Crippen molar-refractivity contribution < 1.29 is 4.79 Å². The van der Waals surface area contributed by atoms with Gasteiger partial charge >= 0.3 is 6.03 Å². The summed E-state index contributed by atoms with van der Waals surface area (Å²) >= 11 is 0. The number of urea groups is 1. The molecule has 0 aliphatic heterocycles. The van der Waals surface area contributed by atoms with Crippen molar-refractivity contribution in [3.63, 3.8) is 0 Å². The fourth-order valence-electron chi connectivity index (χ4n) is 1.86. The minimum absolute atomic E-state index is 0.133. The van der Waals surface area contributed by atoms with Crippen molar-refractivity contribution in [2.24, 2.45) is 5.92 Å². The molecule has 0 atom stereocenters. The zero-order chi connectivity index (χ0) is 12.2. The van der Waals surface area contributed by atoms with Crippen LogP contribution in [0.4, 0.5) is 4.79 Å². The number of carbonyl (C=O) groups excluding carboxylic acids is 1. The molecule has 0 radical (unpaired) electrons. The third-order valence-corrected chi connectivity index (χ3v) is 2.30. The van der Waals surface area contributed by atoms with Crippen molar-refractivity contribution in [1.29, 1.82) is 0 Å². The summed E-state index contributed by atoms with van der Waals surface area (Å²) in [5.41, 5.74) is 0. The van der Waals surface area contributed by atoms with Gasteiger partial charge in [0.25, 0.3) is 0 Å². The fraction of sp³-hybridized carbons (Fsp3) is 0.917. The summed E-state index contributed by atoms with van der Waals surface area (Å²) in [6, 6.07) is 0.646. The first-order valence-electron chi connectivity index (χ1n) is 5.80. The van der Waals surface area contributed by atoms with Crippen molar-refractivity contribution in [1.82, 2.24) is 9.80 Å². The van der Waals surface area contributed by atoms with E-state index in [1.807, 2.05) is 16.8 Å². The van der Waals surface area contributed by atoms with Crippen LogP contribution in [0.3, 0.4) is 0 Å². The highest BCUT2D eigenvalue weighted by atomic mass is 16.2. The van der Waals surface area contributed by atoms with Gasteiger partial charge in [-0.15, -0.1) is 0 Å². The van der Waals surface area contributed by atoms with Crippen molar-refractivity contribution in [3.8, 4) is 0 Å². The highest BCUT2D eigenvalue weighted by Gasteiger charge is 2.23. The lowest BCUT2D eigenvalue weighted by Gasteiger charge is -2.35. The quantitative estimate of drug-likeness (QED) is 0.706. The largest absolute Gasteiger partial charge is 0.327 e. The highest BCUT2D eigenvalue weighted by molar-refractivity contribution is 5.74. The Kier molecular flexibility index (Phi) is 5.69. The van der Waals surface area contributed by atoms with E-state index in [1.54, 1.807) is 0 Å². The van der Waals surface area contributed by atoms with Gasteiger partial charge in [0.15, 0.2) is 0 Å². The van der Waals surface area contributed by atoms with Crippen LogP contribution in [0, 0.1) is 5.92 Å². The lowest BCUT2D eigenvalue weighted by atomic mass is 10.2. The lowest BCUT2D eigenvalue weighted by Crippen LogP contribution is -2.49. The molecule has 0 aliphatic carbocycles. The topological polar surface area (TPSA) is 23.6 Å². The van der Waals surface area contributed by atoms with Gasteiger partial charge < -0.3 is 9.80 Å². The van der Waals surface area contributed by atoms with Crippen LogP contribution in [0.25, 0.3) is 0 Å². The van der Waals surface area contributed by atoms with Gasteiger partial charge in [-0.3, -0.25) is 0 Å². The summed E-state index contributed by atoms with van der Waals surface area (Å²) in [7, 11) is 1.88. The molecular weight excluding hydrogens is 188 g/mol. The normalized spacial score (nSPS) is 11.3. The zero-order valence-corrected chi connectivity index (χ0v) is 11.2. The standard InChI is InChI=1S/C12H26N2O/c1-9(2)8-13(7)12(15)14(10(3)4)11(5)6/h9-11H,8H2,1-7H3. The minimum Gasteiger partial charge on any atom is -0.327 e. The monoisotopic (exact) mass is 214 g/mol. The maximum atomic E-state index is 12.1. The third-order valence-electron chi connectivity index (χ3n) is 2.30. The van der Waals surface area contributed by atoms with Gasteiger partial charge in [0.1, 0.15) is 0 Å². The Morgan fingerprint density at radius 3 is 1.67 bits per heavy atom. The predicted molar refractivity (Wildman–Crippen MR) is 65.0 cm³/mol. The van der Waals surface area contributed by atoms with Crippen LogP contribution in [0.5, 0.6) is 0 Å². The van der Waals surface area contributed by atoms with E-state index in [4.69, 9.17) is 0 Å². The number of nitrogens with zero attached hydrogens (tertiary/aromatic N) is 2. The Morgan fingerprint density at radius 2 is 1.40 bits per heavy atom. The number of rotatable bonds is 4. The van der Waals surface area contributed by atoms with Crippen molar-refractivity contribution in [2.75, 3.05) is 13.6 Å². The molecule has 0 aromatic carbocycles. The molecule has 0 aromatic heterocycles. The molecule has 0 aliphatic rings. The number of amides is 2. The Bertz CT molecular complexity index is 192. The van der Waals surface area contributed by atoms with E-state index in [-0.39, 0.29) is 18.1 Å². The molecule has 0 spiro atoms. The minimum atomic E-state index is 0.133. The van der Waals surface area contributed by atoms with Crippen LogP contribution in [-0.4, -0.2) is 41.5 Å². The smallest absolute Gasteiger partial charge is 0.320 e. The van der Waals surface area contributed by atoms with E-state index in [0.717, 1.165) is 6.54 Å². The molecule has 3 heteroatoms. The highest BCUT2D eigenvalue weighted by Crippen LogP contribution is 2.09. The third kappa shape index (κ3) is 4.54. The molecule has 3 nitrogen and oxygen atoms in total. The molecule has 0 heterocycles. The first kappa shape index (κ1) is 14.3. The van der Waals surface area contributed by atoms with Crippen LogP contribution < -0.4 is 0 Å². The van der Waals surface area contributed by atoms with E-state index in [2.05, 4.69) is 41.5 Å². The first-order chi connectivity index (χ1) is 6.77. The number of hydrogen-bond donors (Lipinski definition) is 0. The fourth-order valence-corrected chi connectivity index (χ4v) is 1.86. The first-order valence-corrected chi connectivity index (χ1v) is 5.80. The molecule has 0 fully saturated rings. The number of hydrogen-bond acceptors (Lipinski definition) is 1. The van der Waals surface area contributed by atoms with Gasteiger partial charge in [0.05, 0.1) is 0 Å². The molecule has 2 amide bonds. The molecule has 90 valence electrons. The average molecular weight is 214 g/mol. The van der Waals surface area contributed by atoms with E-state index in [9.17, 15) is 4.79 Å². The van der Waals surface area contributed by atoms with Gasteiger partial charge in [0, 0.05) is 25.7 Å². The lowest BCUT2D eigenvalue weighted by molar-refractivity contribution is 0.129. The van der Waals surface area contributed by atoms with Crippen molar-refractivity contribution in [2.45, 2.75) is 53.6 Å². The van der Waals surface area contributed by atoms with Gasteiger partial charge in [-0.05, 0) is 33.6 Å². The van der Waals surface area contributed by atoms with E-state index < -0.39 is 0 Å². The van der Waals surface area contributed by atoms with Gasteiger partial charge in [-0.1, -0.05) is 13.8 Å². The SMILES string of the molecule is CC(C)CN(C)C(=O)N(C(C)C)C(C)C. The summed E-state index contributed by atoms with van der Waals surface area (Å²) in [6.45, 7) is 13.3. The van der Waals surface area contributed by atoms with Crippen LogP contribution in [-0.2, 0) is 0 Å². The Balaban J connectivity index is 4.50. The Morgan fingerprint density at radius 1 is 1.00 bits per heavy atom. The second-order valence-corrected chi connectivity index (χ2v) is 5.15. The molecular formula is C12H26N2O. The van der Waals surface area contributed by atoms with E-state index in [0.29, 0.717) is 5.92 Å². The maximum absolute atomic E-state index is 12.1. The molecule has 0 aromatic rings. The van der Waals surface area contributed by atoms with Gasteiger partial charge in [-0.2, -0.15) is 0 Å². The van der Waals surface area contributed by atoms with Crippen molar-refractivity contribution in [3.05, 3.63) is 0 Å². The summed E-state index contributed by atoms with van der Waals surface area (Å²) in [4.78, 5) is 15.8. The Labute approximate surface area is 94.4 Å². The summed E-state index contributed by atoms with van der Waals surface area (Å²) in [5.74, 6) is 0.514. The summed E-state index contributed by atoms with van der Waals surface area (Å²) in [6.07, 6.45) is 0. The second-order valence-electron chi connectivity index (χ2n) is 5.15. The van der Waals surface area contributed by atoms with Crippen LogP contribution in [0.2, 0.25) is 0 Å². The average Bonchev–Trinajstić information content (AvgIpc) is 2.00. The summed E-state index contributed by atoms with van der Waals surface area (Å²) in [5, 5.41) is 0. The molecule has 0 bridgehead atoms. The van der Waals surface area contributed by atoms with Gasteiger partial charge in [-0.25, -0.2) is 4.79 Å². The predicted octanol–water partition coefficient (Wildman–Crippen LogP) is 2.81. The van der Waals surface area contributed by atoms with Crippen LogP contribution in [0.15, 0.2) is 0 Å². The van der Waals surface area contributed by atoms with Gasteiger partial charge in [0.2, 0.25) is 0 Å². The molecule has 0 N–H and O–H groups in total. The van der Waals surface area contributed by atoms with Crippen LogP contribution in [0.1, 0.15) is 41.5 Å². The second kappa shape index (κ2) is 5.99. The molecule has 0 unspecified atom stereocenters. The van der Waals surface area contributed by atoms with E-state index >= 15 is 0 Å². The number of carbonyl (C=O) groups is 1. The summed E-state index contributed by atoms with van der Waals surface area (Å²) < 4.78 is 0. The Hall–Kier alpha value is -0.730. The molecule has 0 rings (SSSR count). The molecule has 0 saturated heterocycles. The maximum Gasteiger partial charge on any atom is 0.320 e. The zero-order valence-electron chi connectivity index (χ0n) is 11.2. The van der Waals surface area contributed by atoms with Crippen LogP contribution >= 0.6 is 0 Å².